The van der Waals surface area contributed by atoms with Crippen LogP contribution in [-0.2, 0) is 10.9 Å². The summed E-state index contributed by atoms with van der Waals surface area (Å²) in [4.78, 5) is 12.5. The Balaban J connectivity index is 2.07. The molecule has 0 aliphatic carbocycles. The number of nitrogens with zero attached hydrogens (tertiary/aromatic N) is 1. The van der Waals surface area contributed by atoms with Crippen LogP contribution in [0.3, 0.4) is 0 Å². The van der Waals surface area contributed by atoms with Crippen LogP contribution >= 0.6 is 0 Å². The summed E-state index contributed by atoms with van der Waals surface area (Å²) in [5.41, 5.74) is -0.526. The molecule has 2 unspecified atom stereocenters. The van der Waals surface area contributed by atoms with Gasteiger partial charge in [-0.25, -0.2) is 0 Å². The van der Waals surface area contributed by atoms with E-state index in [2.05, 4.69) is 0 Å². The van der Waals surface area contributed by atoms with E-state index in [-0.39, 0.29) is 23.3 Å². The van der Waals surface area contributed by atoms with Crippen molar-refractivity contribution in [1.82, 2.24) is 0 Å². The third-order valence-corrected chi connectivity index (χ3v) is 3.98. The zero-order valence-electron chi connectivity index (χ0n) is 10.7. The Bertz CT molecular complexity index is 514. The summed E-state index contributed by atoms with van der Waals surface area (Å²) in [5, 5.41) is 0. The van der Waals surface area contributed by atoms with E-state index in [9.17, 15) is 18.0 Å². The molecule has 2 bridgehead atoms. The predicted molar refractivity (Wildman–Crippen MR) is 66.9 cm³/mol. The van der Waals surface area contributed by atoms with Crippen LogP contribution in [0.15, 0.2) is 18.2 Å². The molecule has 2 aliphatic heterocycles. The lowest BCUT2D eigenvalue weighted by atomic mass is 10.1. The molecule has 2 atom stereocenters. The zero-order chi connectivity index (χ0) is 14.3. The lowest BCUT2D eigenvalue weighted by Gasteiger charge is -2.38. The summed E-state index contributed by atoms with van der Waals surface area (Å²) >= 11 is 0. The first-order chi connectivity index (χ1) is 9.50. The van der Waals surface area contributed by atoms with Crippen LogP contribution in [0.1, 0.15) is 28.8 Å². The zero-order valence-corrected chi connectivity index (χ0v) is 10.7. The largest absolute Gasteiger partial charge is 0.418 e. The van der Waals surface area contributed by atoms with Crippen molar-refractivity contribution in [2.75, 3.05) is 18.1 Å². The molecule has 2 heterocycles. The Kier molecular flexibility index (Phi) is 3.20. The number of carbonyl (C=O) groups is 1. The Morgan fingerprint density at radius 1 is 1.20 bits per heavy atom. The first kappa shape index (κ1) is 13.4. The second-order valence-electron chi connectivity index (χ2n) is 5.22. The van der Waals surface area contributed by atoms with E-state index >= 15 is 0 Å². The molecule has 2 fully saturated rings. The molecule has 0 aromatic heterocycles. The Hall–Kier alpha value is -1.56. The molecule has 6 heteroatoms. The molecule has 2 saturated heterocycles. The Labute approximate surface area is 114 Å². The highest BCUT2D eigenvalue weighted by atomic mass is 19.4. The summed E-state index contributed by atoms with van der Waals surface area (Å²) in [5.74, 6) is 0. The maximum atomic E-state index is 13.2. The second-order valence-corrected chi connectivity index (χ2v) is 5.22. The van der Waals surface area contributed by atoms with Crippen molar-refractivity contribution in [3.05, 3.63) is 29.3 Å². The molecule has 0 amide bonds. The second kappa shape index (κ2) is 4.77. The van der Waals surface area contributed by atoms with E-state index in [1.807, 2.05) is 4.90 Å². The SMILES string of the molecule is O=Cc1ccc(N2C3CCC2COC3)c(C(F)(F)F)c1. The van der Waals surface area contributed by atoms with Crippen LogP contribution in [-0.4, -0.2) is 31.6 Å². The van der Waals surface area contributed by atoms with Crippen molar-refractivity contribution >= 4 is 12.0 Å². The van der Waals surface area contributed by atoms with Gasteiger partial charge < -0.3 is 9.64 Å². The summed E-state index contributed by atoms with van der Waals surface area (Å²) in [6.45, 7) is 0.923. The average molecular weight is 285 g/mol. The number of rotatable bonds is 2. The summed E-state index contributed by atoms with van der Waals surface area (Å²) < 4.78 is 45.1. The van der Waals surface area contributed by atoms with E-state index in [1.54, 1.807) is 0 Å². The van der Waals surface area contributed by atoms with Gasteiger partial charge in [0.1, 0.15) is 6.29 Å². The minimum absolute atomic E-state index is 0.00284. The Morgan fingerprint density at radius 3 is 2.40 bits per heavy atom. The van der Waals surface area contributed by atoms with Gasteiger partial charge in [0, 0.05) is 11.3 Å². The monoisotopic (exact) mass is 285 g/mol. The molecule has 108 valence electrons. The predicted octanol–water partition coefficient (Wildman–Crippen LogP) is 2.89. The van der Waals surface area contributed by atoms with Gasteiger partial charge in [0.05, 0.1) is 30.9 Å². The number of aldehydes is 1. The fourth-order valence-corrected chi connectivity index (χ4v) is 3.10. The van der Waals surface area contributed by atoms with Crippen molar-refractivity contribution < 1.29 is 22.7 Å². The molecule has 0 radical (unpaired) electrons. The molecule has 0 spiro atoms. The fraction of sp³-hybridized carbons (Fsp3) is 0.500. The molecule has 20 heavy (non-hydrogen) atoms. The standard InChI is InChI=1S/C14H14F3NO2/c15-14(16,17)12-5-9(6-19)1-4-13(12)18-10-2-3-11(18)8-20-7-10/h1,4-6,10-11H,2-3,7-8H2. The van der Waals surface area contributed by atoms with Gasteiger partial charge in [0.2, 0.25) is 0 Å². The van der Waals surface area contributed by atoms with Crippen molar-refractivity contribution in [3.8, 4) is 0 Å². The third-order valence-electron chi connectivity index (χ3n) is 3.98. The molecule has 3 nitrogen and oxygen atoms in total. The number of anilines is 1. The van der Waals surface area contributed by atoms with Gasteiger partial charge in [-0.15, -0.1) is 0 Å². The molecular formula is C14H14F3NO2. The maximum Gasteiger partial charge on any atom is 0.418 e. The first-order valence-electron chi connectivity index (χ1n) is 6.53. The molecule has 1 aromatic carbocycles. The van der Waals surface area contributed by atoms with Gasteiger partial charge in [-0.05, 0) is 31.0 Å². The van der Waals surface area contributed by atoms with Crippen LogP contribution in [0.25, 0.3) is 0 Å². The number of fused-ring (bicyclic) bond motifs is 2. The highest BCUT2D eigenvalue weighted by molar-refractivity contribution is 5.77. The summed E-state index contributed by atoms with van der Waals surface area (Å²) in [6.07, 6.45) is -2.34. The average Bonchev–Trinajstić information content (AvgIpc) is 2.66. The lowest BCUT2D eigenvalue weighted by molar-refractivity contribution is -0.137. The van der Waals surface area contributed by atoms with Crippen molar-refractivity contribution in [2.45, 2.75) is 31.1 Å². The third kappa shape index (κ3) is 2.18. The molecule has 0 saturated carbocycles. The van der Waals surface area contributed by atoms with Crippen LogP contribution < -0.4 is 4.90 Å². The van der Waals surface area contributed by atoms with Gasteiger partial charge in [-0.3, -0.25) is 4.79 Å². The lowest BCUT2D eigenvalue weighted by Crippen LogP contribution is -2.46. The number of hydrogen-bond acceptors (Lipinski definition) is 3. The van der Waals surface area contributed by atoms with Gasteiger partial charge in [0.15, 0.2) is 0 Å². The number of hydrogen-bond donors (Lipinski definition) is 0. The van der Waals surface area contributed by atoms with E-state index in [4.69, 9.17) is 4.74 Å². The van der Waals surface area contributed by atoms with Crippen LogP contribution in [0.5, 0.6) is 0 Å². The molecule has 2 aliphatic rings. The van der Waals surface area contributed by atoms with Gasteiger partial charge >= 0.3 is 6.18 Å². The number of carbonyl (C=O) groups excluding carboxylic acids is 1. The van der Waals surface area contributed by atoms with Crippen LogP contribution in [0.4, 0.5) is 18.9 Å². The number of alkyl halides is 3. The fourth-order valence-electron chi connectivity index (χ4n) is 3.10. The molecule has 3 rings (SSSR count). The highest BCUT2D eigenvalue weighted by Crippen LogP contribution is 2.42. The van der Waals surface area contributed by atoms with Gasteiger partial charge in [0.25, 0.3) is 0 Å². The van der Waals surface area contributed by atoms with Crippen LogP contribution in [0.2, 0.25) is 0 Å². The molecule has 0 N–H and O–H groups in total. The first-order valence-corrected chi connectivity index (χ1v) is 6.53. The van der Waals surface area contributed by atoms with Crippen molar-refractivity contribution in [3.63, 3.8) is 0 Å². The minimum Gasteiger partial charge on any atom is -0.377 e. The topological polar surface area (TPSA) is 29.5 Å². The summed E-state index contributed by atoms with van der Waals surface area (Å²) in [7, 11) is 0. The van der Waals surface area contributed by atoms with Gasteiger partial charge in [-0.2, -0.15) is 13.2 Å². The smallest absolute Gasteiger partial charge is 0.377 e. The van der Waals surface area contributed by atoms with E-state index in [1.165, 1.54) is 12.1 Å². The molecular weight excluding hydrogens is 271 g/mol. The Morgan fingerprint density at radius 2 is 1.85 bits per heavy atom. The van der Waals surface area contributed by atoms with Crippen LogP contribution in [0, 0.1) is 0 Å². The van der Waals surface area contributed by atoms with E-state index in [0.29, 0.717) is 19.5 Å². The van der Waals surface area contributed by atoms with Gasteiger partial charge in [-0.1, -0.05) is 0 Å². The quantitative estimate of drug-likeness (QED) is 0.783. The maximum absolute atomic E-state index is 13.2. The van der Waals surface area contributed by atoms with Crippen molar-refractivity contribution in [2.24, 2.45) is 0 Å². The number of halogens is 3. The van der Waals surface area contributed by atoms with E-state index in [0.717, 1.165) is 18.9 Å². The number of benzene rings is 1. The summed E-state index contributed by atoms with van der Waals surface area (Å²) in [6, 6.07) is 3.77. The number of ether oxygens (including phenoxy) is 1. The minimum atomic E-state index is -4.47. The van der Waals surface area contributed by atoms with Crippen molar-refractivity contribution in [1.29, 1.82) is 0 Å². The van der Waals surface area contributed by atoms with E-state index < -0.39 is 11.7 Å². The highest BCUT2D eigenvalue weighted by Gasteiger charge is 2.42. The number of morpholine rings is 1. The molecule has 1 aromatic rings. The normalized spacial score (nSPS) is 25.9.